The average Bonchev–Trinajstić information content (AvgIpc) is 2.36. The van der Waals surface area contributed by atoms with Gasteiger partial charge < -0.3 is 5.32 Å². The first-order valence-electron chi connectivity index (χ1n) is 6.21. The van der Waals surface area contributed by atoms with Crippen LogP contribution in [0.15, 0.2) is 23.1 Å². The molecule has 0 aliphatic rings. The number of carbonyl (C=O) groups excluding carboxylic acids is 1. The van der Waals surface area contributed by atoms with E-state index in [1.165, 1.54) is 0 Å². The van der Waals surface area contributed by atoms with E-state index in [1.54, 1.807) is 0 Å². The molecule has 0 aromatic heterocycles. The van der Waals surface area contributed by atoms with Gasteiger partial charge in [0.1, 0.15) is 5.82 Å². The van der Waals surface area contributed by atoms with E-state index in [-0.39, 0.29) is 22.4 Å². The molecule has 0 radical (unpaired) electrons. The summed E-state index contributed by atoms with van der Waals surface area (Å²) in [5.74, 6) is -1.22. The van der Waals surface area contributed by atoms with Crippen molar-refractivity contribution in [1.29, 1.82) is 0 Å². The van der Waals surface area contributed by atoms with Crippen LogP contribution in [0.2, 0.25) is 0 Å². The van der Waals surface area contributed by atoms with Gasteiger partial charge in [-0.15, -0.1) is 0 Å². The first-order chi connectivity index (χ1) is 9.16. The maximum Gasteiger partial charge on any atom is 0.261 e. The maximum atomic E-state index is 13.6. The first kappa shape index (κ1) is 16.9. The quantitative estimate of drug-likeness (QED) is 0.848. The van der Waals surface area contributed by atoms with E-state index >= 15 is 0 Å². The molecule has 0 heterocycles. The largest absolute Gasteiger partial charge is 0.349 e. The van der Waals surface area contributed by atoms with Crippen molar-refractivity contribution in [2.24, 2.45) is 5.92 Å². The van der Waals surface area contributed by atoms with Crippen molar-refractivity contribution >= 4 is 25.6 Å². The SMILES string of the molecule is CCC(C)C(C)NC(=O)c1cc(S(=O)(=O)Cl)ccc1F. The highest BCUT2D eigenvalue weighted by Gasteiger charge is 2.20. The Hall–Kier alpha value is -1.14. The van der Waals surface area contributed by atoms with Crippen molar-refractivity contribution in [1.82, 2.24) is 5.32 Å². The third-order valence-corrected chi connectivity index (χ3v) is 4.67. The molecule has 0 aliphatic heterocycles. The Balaban J connectivity index is 3.04. The Morgan fingerprint density at radius 1 is 1.40 bits per heavy atom. The minimum absolute atomic E-state index is 0.150. The van der Waals surface area contributed by atoms with Gasteiger partial charge >= 0.3 is 0 Å². The highest BCUT2D eigenvalue weighted by atomic mass is 35.7. The van der Waals surface area contributed by atoms with Crippen LogP contribution in [-0.2, 0) is 9.05 Å². The molecule has 1 amide bonds. The molecule has 0 spiro atoms. The Morgan fingerprint density at radius 3 is 2.50 bits per heavy atom. The zero-order valence-corrected chi connectivity index (χ0v) is 13.1. The van der Waals surface area contributed by atoms with E-state index in [1.807, 2.05) is 20.8 Å². The molecule has 0 aliphatic carbocycles. The maximum absolute atomic E-state index is 13.6. The lowest BCUT2D eigenvalue weighted by molar-refractivity contribution is 0.0924. The minimum atomic E-state index is -4.00. The van der Waals surface area contributed by atoms with Crippen LogP contribution in [0, 0.1) is 11.7 Å². The number of benzene rings is 1. The van der Waals surface area contributed by atoms with Crippen LogP contribution in [0.25, 0.3) is 0 Å². The van der Waals surface area contributed by atoms with Gasteiger partial charge in [-0.2, -0.15) is 0 Å². The topological polar surface area (TPSA) is 63.2 Å². The fraction of sp³-hybridized carbons (Fsp3) is 0.462. The van der Waals surface area contributed by atoms with E-state index in [2.05, 4.69) is 5.32 Å². The monoisotopic (exact) mass is 321 g/mol. The van der Waals surface area contributed by atoms with E-state index in [0.717, 1.165) is 24.6 Å². The van der Waals surface area contributed by atoms with Gasteiger partial charge in [0.2, 0.25) is 0 Å². The lowest BCUT2D eigenvalue weighted by Gasteiger charge is -2.20. The number of amides is 1. The normalized spacial score (nSPS) is 14.7. The third-order valence-electron chi connectivity index (χ3n) is 3.32. The second-order valence-corrected chi connectivity index (χ2v) is 7.29. The van der Waals surface area contributed by atoms with Gasteiger partial charge in [-0.05, 0) is 31.0 Å². The summed E-state index contributed by atoms with van der Waals surface area (Å²) >= 11 is 0. The van der Waals surface area contributed by atoms with E-state index in [9.17, 15) is 17.6 Å². The highest BCUT2D eigenvalue weighted by molar-refractivity contribution is 8.13. The molecule has 4 nitrogen and oxygen atoms in total. The second-order valence-electron chi connectivity index (χ2n) is 4.73. The number of nitrogens with one attached hydrogen (secondary N) is 1. The summed E-state index contributed by atoms with van der Waals surface area (Å²) in [7, 11) is 1.18. The van der Waals surface area contributed by atoms with Gasteiger partial charge in [-0.3, -0.25) is 4.79 Å². The minimum Gasteiger partial charge on any atom is -0.349 e. The Labute approximate surface area is 122 Å². The van der Waals surface area contributed by atoms with Crippen LogP contribution in [0.1, 0.15) is 37.6 Å². The summed E-state index contributed by atoms with van der Waals surface area (Å²) < 4.78 is 36.1. The van der Waals surface area contributed by atoms with Gasteiger partial charge in [-0.1, -0.05) is 20.3 Å². The van der Waals surface area contributed by atoms with Crippen LogP contribution in [0.3, 0.4) is 0 Å². The van der Waals surface area contributed by atoms with Gasteiger partial charge in [-0.25, -0.2) is 12.8 Å². The Morgan fingerprint density at radius 2 is 2.00 bits per heavy atom. The molecule has 1 aromatic carbocycles. The zero-order chi connectivity index (χ0) is 15.5. The van der Waals surface area contributed by atoms with Crippen LogP contribution in [0.4, 0.5) is 4.39 Å². The molecule has 1 rings (SSSR count). The summed E-state index contributed by atoms with van der Waals surface area (Å²) in [6, 6.07) is 2.73. The molecule has 7 heteroatoms. The predicted molar refractivity (Wildman–Crippen MR) is 75.8 cm³/mol. The van der Waals surface area contributed by atoms with Crippen molar-refractivity contribution in [3.05, 3.63) is 29.6 Å². The van der Waals surface area contributed by atoms with Gasteiger partial charge in [0.05, 0.1) is 10.5 Å². The Bertz CT molecular complexity index is 604. The van der Waals surface area contributed by atoms with Gasteiger partial charge in [0, 0.05) is 16.7 Å². The van der Waals surface area contributed by atoms with Crippen LogP contribution < -0.4 is 5.32 Å². The smallest absolute Gasteiger partial charge is 0.261 e. The van der Waals surface area contributed by atoms with E-state index in [0.29, 0.717) is 0 Å². The highest BCUT2D eigenvalue weighted by Crippen LogP contribution is 2.19. The average molecular weight is 322 g/mol. The zero-order valence-electron chi connectivity index (χ0n) is 11.5. The van der Waals surface area contributed by atoms with E-state index in [4.69, 9.17) is 10.7 Å². The summed E-state index contributed by atoms with van der Waals surface area (Å²) in [5, 5.41) is 2.65. The standard InChI is InChI=1S/C13H17ClFNO3S/c1-4-8(2)9(3)16-13(17)11-7-10(20(14,18)19)5-6-12(11)15/h5-9H,4H2,1-3H3,(H,16,17). The van der Waals surface area contributed by atoms with Gasteiger partial charge in [0.15, 0.2) is 0 Å². The Kier molecular flexibility index (Phi) is 5.53. The molecule has 1 N–H and O–H groups in total. The molecule has 1 aromatic rings. The summed E-state index contributed by atoms with van der Waals surface area (Å²) in [5.41, 5.74) is -0.332. The van der Waals surface area contributed by atoms with Crippen LogP contribution >= 0.6 is 10.7 Å². The molecule has 0 bridgehead atoms. The summed E-state index contributed by atoms with van der Waals surface area (Å²) in [6.07, 6.45) is 0.861. The van der Waals surface area contributed by atoms with Crippen molar-refractivity contribution in [3.8, 4) is 0 Å². The number of hydrogen-bond acceptors (Lipinski definition) is 3. The molecule has 112 valence electrons. The van der Waals surface area contributed by atoms with Gasteiger partial charge in [0.25, 0.3) is 15.0 Å². The van der Waals surface area contributed by atoms with Crippen molar-refractivity contribution < 1.29 is 17.6 Å². The number of hydrogen-bond donors (Lipinski definition) is 1. The molecule has 0 saturated heterocycles. The number of carbonyl (C=O) groups is 1. The van der Waals surface area contributed by atoms with Crippen molar-refractivity contribution in [3.63, 3.8) is 0 Å². The lowest BCUT2D eigenvalue weighted by atomic mass is 10.0. The molecule has 2 atom stereocenters. The molecule has 20 heavy (non-hydrogen) atoms. The van der Waals surface area contributed by atoms with E-state index < -0.39 is 20.8 Å². The number of halogens is 2. The van der Waals surface area contributed by atoms with Crippen LogP contribution in [-0.4, -0.2) is 20.4 Å². The summed E-state index contributed by atoms with van der Waals surface area (Å²) in [4.78, 5) is 11.7. The number of rotatable bonds is 5. The molecule has 0 fully saturated rings. The fourth-order valence-corrected chi connectivity index (χ4v) is 2.39. The second kappa shape index (κ2) is 6.54. The lowest BCUT2D eigenvalue weighted by Crippen LogP contribution is -2.37. The molecular formula is C13H17ClFNO3S. The molecule has 2 unspecified atom stereocenters. The summed E-state index contributed by atoms with van der Waals surface area (Å²) in [6.45, 7) is 5.75. The van der Waals surface area contributed by atoms with Crippen LogP contribution in [0.5, 0.6) is 0 Å². The predicted octanol–water partition coefficient (Wildman–Crippen LogP) is 2.92. The molecular weight excluding hydrogens is 305 g/mol. The third kappa shape index (κ3) is 4.18. The van der Waals surface area contributed by atoms with Crippen molar-refractivity contribution in [2.75, 3.05) is 0 Å². The molecule has 0 saturated carbocycles. The van der Waals surface area contributed by atoms with Crippen molar-refractivity contribution in [2.45, 2.75) is 38.1 Å². The first-order valence-corrected chi connectivity index (χ1v) is 8.52. The fourth-order valence-electron chi connectivity index (χ4n) is 1.61.